The van der Waals surface area contributed by atoms with Crippen LogP contribution in [-0.2, 0) is 18.3 Å². The van der Waals surface area contributed by atoms with E-state index < -0.39 is 0 Å². The summed E-state index contributed by atoms with van der Waals surface area (Å²) < 4.78 is 2.15. The van der Waals surface area contributed by atoms with Gasteiger partial charge < -0.3 is 15.2 Å². The topological polar surface area (TPSA) is 59.0 Å². The summed E-state index contributed by atoms with van der Waals surface area (Å²) in [5.74, 6) is 1.88. The molecule has 2 aromatic rings. The van der Waals surface area contributed by atoms with Gasteiger partial charge in [-0.05, 0) is 50.2 Å². The van der Waals surface area contributed by atoms with E-state index in [1.807, 2.05) is 18.2 Å². The van der Waals surface area contributed by atoms with Gasteiger partial charge in [-0.1, -0.05) is 12.1 Å². The Bertz CT molecular complexity index is 741. The zero-order valence-corrected chi connectivity index (χ0v) is 15.0. The number of aromatic nitrogens is 2. The molecule has 2 bridgehead atoms. The number of rotatable bonds is 6. The Labute approximate surface area is 149 Å². The summed E-state index contributed by atoms with van der Waals surface area (Å²) in [6, 6.07) is 9.53. The van der Waals surface area contributed by atoms with Crippen LogP contribution in [0.4, 0.5) is 0 Å². The first-order valence-electron chi connectivity index (χ1n) is 9.62. The van der Waals surface area contributed by atoms with Crippen molar-refractivity contribution in [3.05, 3.63) is 30.1 Å². The van der Waals surface area contributed by atoms with Crippen LogP contribution in [0.15, 0.2) is 24.3 Å². The molecule has 2 N–H and O–H groups in total. The molecule has 2 aliphatic heterocycles. The van der Waals surface area contributed by atoms with Gasteiger partial charge in [0, 0.05) is 38.5 Å². The number of para-hydroxylation sites is 2. The maximum Gasteiger partial charge on any atom is 0.220 e. The van der Waals surface area contributed by atoms with Crippen molar-refractivity contribution >= 4 is 16.9 Å². The second-order valence-electron chi connectivity index (χ2n) is 7.71. The van der Waals surface area contributed by atoms with Crippen LogP contribution in [0, 0.1) is 5.92 Å². The van der Waals surface area contributed by atoms with Crippen LogP contribution in [0.25, 0.3) is 11.0 Å². The highest BCUT2D eigenvalue weighted by Gasteiger charge is 2.34. The highest BCUT2D eigenvalue weighted by Crippen LogP contribution is 2.32. The fraction of sp³-hybridized carbons (Fsp3) is 0.600. The Balaban J connectivity index is 1.21. The molecule has 0 aliphatic carbocycles. The molecule has 0 saturated carbocycles. The first-order valence-corrected chi connectivity index (χ1v) is 9.62. The summed E-state index contributed by atoms with van der Waals surface area (Å²) in [7, 11) is 2.06. The van der Waals surface area contributed by atoms with Gasteiger partial charge in [0.25, 0.3) is 0 Å². The predicted octanol–water partition coefficient (Wildman–Crippen LogP) is 2.54. The van der Waals surface area contributed by atoms with E-state index in [0.717, 1.165) is 30.7 Å². The number of hydrogen-bond donors (Lipinski definition) is 2. The van der Waals surface area contributed by atoms with E-state index in [9.17, 15) is 4.79 Å². The van der Waals surface area contributed by atoms with Gasteiger partial charge in [-0.3, -0.25) is 4.79 Å². The Morgan fingerprint density at radius 1 is 1.28 bits per heavy atom. The number of nitrogens with one attached hydrogen (secondary N) is 2. The van der Waals surface area contributed by atoms with E-state index in [-0.39, 0.29) is 5.91 Å². The normalized spacial score (nSPS) is 25.4. The van der Waals surface area contributed by atoms with Crippen molar-refractivity contribution in [3.63, 3.8) is 0 Å². The molecule has 2 saturated heterocycles. The van der Waals surface area contributed by atoms with Gasteiger partial charge in [0.05, 0.1) is 11.0 Å². The van der Waals surface area contributed by atoms with E-state index >= 15 is 0 Å². The largest absolute Gasteiger partial charge is 0.356 e. The van der Waals surface area contributed by atoms with Crippen molar-refractivity contribution in [2.75, 3.05) is 6.54 Å². The standard InChI is InChI=1S/C20H28N4O/c1-24-18-6-3-2-5-17(18)23-19(24)7-4-10-21-20(25)13-14-11-15-8-9-16(12-14)22-15/h2-3,5-6,14-16,22H,4,7-13H2,1H3,(H,21,25). The van der Waals surface area contributed by atoms with Crippen LogP contribution in [0.5, 0.6) is 0 Å². The highest BCUT2D eigenvalue weighted by molar-refractivity contribution is 5.76. The lowest BCUT2D eigenvalue weighted by Gasteiger charge is -2.28. The highest BCUT2D eigenvalue weighted by atomic mass is 16.1. The molecule has 25 heavy (non-hydrogen) atoms. The molecule has 0 spiro atoms. The van der Waals surface area contributed by atoms with Gasteiger partial charge in [0.2, 0.25) is 5.91 Å². The van der Waals surface area contributed by atoms with Crippen molar-refractivity contribution in [1.29, 1.82) is 0 Å². The molecule has 3 heterocycles. The Kier molecular flexibility index (Phi) is 4.75. The zero-order chi connectivity index (χ0) is 17.2. The number of benzene rings is 1. The maximum absolute atomic E-state index is 12.2. The van der Waals surface area contributed by atoms with Gasteiger partial charge in [-0.2, -0.15) is 0 Å². The Hall–Kier alpha value is -1.88. The molecule has 5 heteroatoms. The van der Waals surface area contributed by atoms with Crippen LogP contribution in [-0.4, -0.2) is 34.1 Å². The molecular formula is C20H28N4O. The molecule has 2 atom stereocenters. The lowest BCUT2D eigenvalue weighted by atomic mass is 9.89. The van der Waals surface area contributed by atoms with Crippen molar-refractivity contribution in [2.45, 2.75) is 57.0 Å². The minimum Gasteiger partial charge on any atom is -0.356 e. The predicted molar refractivity (Wildman–Crippen MR) is 99.3 cm³/mol. The number of imidazole rings is 1. The second-order valence-corrected chi connectivity index (χ2v) is 7.71. The number of hydrogen-bond acceptors (Lipinski definition) is 3. The number of piperidine rings is 1. The minimum absolute atomic E-state index is 0.219. The van der Waals surface area contributed by atoms with Gasteiger partial charge >= 0.3 is 0 Å². The molecule has 1 aromatic carbocycles. The third-order valence-electron chi connectivity index (χ3n) is 5.82. The number of amides is 1. The molecule has 2 fully saturated rings. The summed E-state index contributed by atoms with van der Waals surface area (Å²) in [6.45, 7) is 0.736. The van der Waals surface area contributed by atoms with Crippen molar-refractivity contribution < 1.29 is 4.79 Å². The van der Waals surface area contributed by atoms with Crippen LogP contribution >= 0.6 is 0 Å². The Morgan fingerprint density at radius 3 is 2.80 bits per heavy atom. The third-order valence-corrected chi connectivity index (χ3v) is 5.82. The molecule has 1 amide bonds. The summed E-state index contributed by atoms with van der Waals surface area (Å²) in [6.07, 6.45) is 7.44. The summed E-state index contributed by atoms with van der Waals surface area (Å²) in [5.41, 5.74) is 2.21. The smallest absolute Gasteiger partial charge is 0.220 e. The van der Waals surface area contributed by atoms with Crippen molar-refractivity contribution in [1.82, 2.24) is 20.2 Å². The number of carbonyl (C=O) groups excluding carboxylic acids is 1. The lowest BCUT2D eigenvalue weighted by Crippen LogP contribution is -2.39. The van der Waals surface area contributed by atoms with Gasteiger partial charge in [0.1, 0.15) is 5.82 Å². The first kappa shape index (κ1) is 16.6. The average molecular weight is 340 g/mol. The third kappa shape index (κ3) is 3.71. The fourth-order valence-electron chi connectivity index (χ4n) is 4.57. The van der Waals surface area contributed by atoms with Crippen LogP contribution in [0.1, 0.15) is 44.3 Å². The molecule has 0 radical (unpaired) electrons. The van der Waals surface area contributed by atoms with E-state index in [1.54, 1.807) is 0 Å². The van der Waals surface area contributed by atoms with Crippen molar-refractivity contribution in [3.8, 4) is 0 Å². The second kappa shape index (κ2) is 7.16. The minimum atomic E-state index is 0.219. The summed E-state index contributed by atoms with van der Waals surface area (Å²) >= 11 is 0. The monoisotopic (exact) mass is 340 g/mol. The van der Waals surface area contributed by atoms with Gasteiger partial charge in [0.15, 0.2) is 0 Å². The fourth-order valence-corrected chi connectivity index (χ4v) is 4.57. The summed E-state index contributed by atoms with van der Waals surface area (Å²) in [4.78, 5) is 16.9. The lowest BCUT2D eigenvalue weighted by molar-refractivity contribution is -0.122. The summed E-state index contributed by atoms with van der Waals surface area (Å²) in [5, 5.41) is 6.75. The Morgan fingerprint density at radius 2 is 2.04 bits per heavy atom. The number of nitrogens with zero attached hydrogens (tertiary/aromatic N) is 2. The molecule has 5 nitrogen and oxygen atoms in total. The van der Waals surface area contributed by atoms with E-state index in [2.05, 4.69) is 33.3 Å². The molecule has 2 unspecified atom stereocenters. The molecule has 134 valence electrons. The number of fused-ring (bicyclic) bond motifs is 3. The van der Waals surface area contributed by atoms with Crippen molar-refractivity contribution in [2.24, 2.45) is 13.0 Å². The molecule has 1 aromatic heterocycles. The van der Waals surface area contributed by atoms with Crippen LogP contribution in [0.2, 0.25) is 0 Å². The van der Waals surface area contributed by atoms with Crippen LogP contribution in [0.3, 0.4) is 0 Å². The van der Waals surface area contributed by atoms with E-state index in [0.29, 0.717) is 24.4 Å². The average Bonchev–Trinajstić information content (AvgIpc) is 3.11. The van der Waals surface area contributed by atoms with Gasteiger partial charge in [-0.15, -0.1) is 0 Å². The molecule has 2 aliphatic rings. The first-order chi connectivity index (χ1) is 12.2. The number of aryl methyl sites for hydroxylation is 2. The molecular weight excluding hydrogens is 312 g/mol. The SMILES string of the molecule is Cn1c(CCCNC(=O)CC2CC3CCC(C2)N3)nc2ccccc21. The van der Waals surface area contributed by atoms with Crippen LogP contribution < -0.4 is 10.6 Å². The van der Waals surface area contributed by atoms with Gasteiger partial charge in [-0.25, -0.2) is 4.98 Å². The van der Waals surface area contributed by atoms with E-state index in [4.69, 9.17) is 0 Å². The van der Waals surface area contributed by atoms with E-state index in [1.165, 1.54) is 31.2 Å². The maximum atomic E-state index is 12.2. The number of carbonyl (C=O) groups is 1. The quantitative estimate of drug-likeness (QED) is 0.795. The molecule has 4 rings (SSSR count). The zero-order valence-electron chi connectivity index (χ0n) is 15.0.